The van der Waals surface area contributed by atoms with E-state index in [1.165, 1.54) is 33.7 Å². The zero-order valence-electron chi connectivity index (χ0n) is 27.2. The molecule has 243 valence electrons. The molecule has 0 N–H and O–H groups in total. The molecule has 9 aromatic rings. The van der Waals surface area contributed by atoms with Crippen LogP contribution < -0.4 is 0 Å². The van der Waals surface area contributed by atoms with Crippen LogP contribution in [0.15, 0.2) is 158 Å². The Hall–Kier alpha value is -4.57. The Morgan fingerprint density at radius 3 is 2.16 bits per heavy atom. The van der Waals surface area contributed by atoms with E-state index in [0.29, 0.717) is 0 Å². The third-order valence-corrected chi connectivity index (χ3v) is 8.22. The number of fused-ring (bicyclic) bond motifs is 4. The second kappa shape index (κ2) is 17.1. The van der Waals surface area contributed by atoms with Crippen LogP contribution in [0.3, 0.4) is 0 Å². The number of hydrogen-bond donors (Lipinski definition) is 0. The molecule has 0 bridgehead atoms. The van der Waals surface area contributed by atoms with Crippen molar-refractivity contribution in [1.29, 1.82) is 0 Å². The van der Waals surface area contributed by atoms with E-state index in [2.05, 4.69) is 101 Å². The average molecular weight is 908 g/mol. The van der Waals surface area contributed by atoms with Gasteiger partial charge in [-0.05, 0) is 47.2 Å². The minimum atomic E-state index is -0.278. The summed E-state index contributed by atoms with van der Waals surface area (Å²) in [6, 6.07) is 62.9. The second-order valence-electron chi connectivity index (χ2n) is 11.3. The SMILES string of the molecule is Fc1c[c-]c(-c2ccccn2)cc1.[B].[Ir].[Y].[c-]1ccc(-c2[c-]cc3c(ccc4ccccc43)c2)[c-]c1-c1nc2ccccc2n1-c1ccccc1. The van der Waals surface area contributed by atoms with Crippen molar-refractivity contribution in [3.05, 3.63) is 188 Å². The number of para-hydroxylation sites is 3. The molecule has 0 spiro atoms. The zero-order chi connectivity index (χ0) is 32.3. The summed E-state index contributed by atoms with van der Waals surface area (Å²) in [5.41, 5.74) is 7.49. The standard InChI is InChI=1S/C33H19N2.C11H7FN.B.Ir.Y/c1-2-12-28(13-3-1)35-32-16-7-6-15-31(32)34-33(35)27-11-8-10-24(22-27)25-19-20-30-26(21-25)18-17-23-9-4-5-14-29(23)30;12-10-6-4-9(5-7-10)11-3-1-2-8-13-11;;;/h1-10,12-18,20-21H;1-4,6-8H;;;/q-3;-1;;;. The molecule has 51 heavy (non-hydrogen) atoms. The fourth-order valence-electron chi connectivity index (χ4n) is 5.92. The normalized spacial score (nSPS) is 10.4. The van der Waals surface area contributed by atoms with Gasteiger partial charge in [-0.25, -0.2) is 6.07 Å². The second-order valence-corrected chi connectivity index (χ2v) is 11.3. The zero-order valence-corrected chi connectivity index (χ0v) is 32.5. The van der Waals surface area contributed by atoms with Crippen LogP contribution in [-0.2, 0) is 52.8 Å². The van der Waals surface area contributed by atoms with Crippen LogP contribution in [0.5, 0.6) is 0 Å². The molecule has 0 fully saturated rings. The molecular formula is C44H26BFIrN3Y-4. The molecule has 0 amide bonds. The molecule has 2 heterocycles. The van der Waals surface area contributed by atoms with Gasteiger partial charge in [-0.2, -0.15) is 5.56 Å². The molecule has 7 heteroatoms. The monoisotopic (exact) mass is 908 g/mol. The summed E-state index contributed by atoms with van der Waals surface area (Å²) in [5.74, 6) is 0.547. The van der Waals surface area contributed by atoms with Gasteiger partial charge in [-0.15, -0.1) is 53.4 Å². The van der Waals surface area contributed by atoms with Gasteiger partial charge in [0.05, 0.1) is 11.0 Å². The van der Waals surface area contributed by atoms with Gasteiger partial charge in [-0.3, -0.25) is 27.7 Å². The average Bonchev–Trinajstić information content (AvgIpc) is 3.56. The van der Waals surface area contributed by atoms with Gasteiger partial charge in [-0.1, -0.05) is 89.6 Å². The van der Waals surface area contributed by atoms with Crippen LogP contribution in [0, 0.1) is 30.1 Å². The van der Waals surface area contributed by atoms with E-state index in [4.69, 9.17) is 4.98 Å². The van der Waals surface area contributed by atoms with Gasteiger partial charge in [0.25, 0.3) is 0 Å². The predicted octanol–water partition coefficient (Wildman–Crippen LogP) is 10.4. The Balaban J connectivity index is 0.000000269. The fourth-order valence-corrected chi connectivity index (χ4v) is 5.92. The van der Waals surface area contributed by atoms with E-state index in [1.807, 2.05) is 66.7 Å². The van der Waals surface area contributed by atoms with Crippen LogP contribution in [0.25, 0.3) is 72.0 Å². The van der Waals surface area contributed by atoms with E-state index < -0.39 is 0 Å². The Bertz CT molecular complexity index is 2520. The van der Waals surface area contributed by atoms with Crippen molar-refractivity contribution in [1.82, 2.24) is 14.5 Å². The smallest absolute Gasteiger partial charge is 0.0668 e. The van der Waals surface area contributed by atoms with Crippen LogP contribution in [0.4, 0.5) is 4.39 Å². The molecule has 9 rings (SSSR count). The quantitative estimate of drug-likeness (QED) is 0.100. The Morgan fingerprint density at radius 2 is 1.35 bits per heavy atom. The largest absolute Gasteiger partial charge is 0.374 e. The maximum atomic E-state index is 12.6. The van der Waals surface area contributed by atoms with Crippen molar-refractivity contribution in [2.45, 2.75) is 0 Å². The molecule has 0 saturated heterocycles. The van der Waals surface area contributed by atoms with Crippen molar-refractivity contribution in [3.63, 3.8) is 0 Å². The summed E-state index contributed by atoms with van der Waals surface area (Å²) in [5, 5.41) is 4.89. The summed E-state index contributed by atoms with van der Waals surface area (Å²) in [6.45, 7) is 0. The minimum absolute atomic E-state index is 0. The van der Waals surface area contributed by atoms with Gasteiger partial charge in [0.2, 0.25) is 0 Å². The number of nitrogens with zero attached hydrogens (tertiary/aromatic N) is 3. The van der Waals surface area contributed by atoms with Gasteiger partial charge >= 0.3 is 0 Å². The molecule has 0 aliphatic heterocycles. The minimum Gasteiger partial charge on any atom is -0.374 e. The van der Waals surface area contributed by atoms with E-state index in [-0.39, 0.29) is 67.0 Å². The predicted molar refractivity (Wildman–Crippen MR) is 198 cm³/mol. The first-order valence-corrected chi connectivity index (χ1v) is 15.6. The molecule has 3 nitrogen and oxygen atoms in total. The van der Waals surface area contributed by atoms with Crippen molar-refractivity contribution < 1.29 is 57.2 Å². The molecule has 0 aliphatic rings. The fraction of sp³-hybridized carbons (Fsp3) is 0. The van der Waals surface area contributed by atoms with Gasteiger partial charge < -0.3 is 20.6 Å². The topological polar surface area (TPSA) is 30.7 Å². The third kappa shape index (κ3) is 8.01. The molecule has 0 unspecified atom stereocenters. The van der Waals surface area contributed by atoms with Crippen LogP contribution in [0.2, 0.25) is 0 Å². The summed E-state index contributed by atoms with van der Waals surface area (Å²) in [4.78, 5) is 9.09. The summed E-state index contributed by atoms with van der Waals surface area (Å²) < 4.78 is 14.7. The number of benzene rings is 7. The van der Waals surface area contributed by atoms with Crippen LogP contribution in [0.1, 0.15) is 0 Å². The first kappa shape index (κ1) is 37.7. The van der Waals surface area contributed by atoms with E-state index >= 15 is 0 Å². The molecule has 5 radical (unpaired) electrons. The number of halogens is 1. The molecule has 0 saturated carbocycles. The van der Waals surface area contributed by atoms with Gasteiger partial charge in [0.1, 0.15) is 0 Å². The first-order valence-electron chi connectivity index (χ1n) is 15.6. The maximum Gasteiger partial charge on any atom is 0.0668 e. The Morgan fingerprint density at radius 1 is 0.608 bits per heavy atom. The number of hydrogen-bond acceptors (Lipinski definition) is 2. The molecule has 2 aromatic heterocycles. The summed E-state index contributed by atoms with van der Waals surface area (Å²) >= 11 is 0. The van der Waals surface area contributed by atoms with Crippen molar-refractivity contribution in [2.24, 2.45) is 0 Å². The van der Waals surface area contributed by atoms with Gasteiger partial charge in [0.15, 0.2) is 0 Å². The van der Waals surface area contributed by atoms with Crippen molar-refractivity contribution in [2.75, 3.05) is 0 Å². The molecule has 7 aromatic carbocycles. The molecule has 0 aliphatic carbocycles. The van der Waals surface area contributed by atoms with E-state index in [1.54, 1.807) is 12.3 Å². The number of pyridine rings is 1. The summed E-state index contributed by atoms with van der Waals surface area (Å²) in [6.07, 6.45) is 1.70. The number of aromatic nitrogens is 3. The maximum absolute atomic E-state index is 12.6. The van der Waals surface area contributed by atoms with E-state index in [9.17, 15) is 4.39 Å². The summed E-state index contributed by atoms with van der Waals surface area (Å²) in [7, 11) is 0. The van der Waals surface area contributed by atoms with Crippen LogP contribution in [-0.4, -0.2) is 22.9 Å². The van der Waals surface area contributed by atoms with Crippen LogP contribution >= 0.6 is 0 Å². The van der Waals surface area contributed by atoms with Gasteiger partial charge in [0, 0.05) is 78.9 Å². The first-order chi connectivity index (χ1) is 23.7. The van der Waals surface area contributed by atoms with E-state index in [0.717, 1.165) is 50.5 Å². The van der Waals surface area contributed by atoms with Crippen molar-refractivity contribution >= 4 is 41.0 Å². The van der Waals surface area contributed by atoms with Crippen molar-refractivity contribution in [3.8, 4) is 39.5 Å². The molecular weight excluding hydrogens is 881 g/mol. The third-order valence-electron chi connectivity index (χ3n) is 8.22. The Labute approximate surface area is 337 Å². The number of imidazole rings is 1. The number of rotatable bonds is 4. The molecule has 0 atom stereocenters. The Kier molecular flexibility index (Phi) is 12.6.